The van der Waals surface area contributed by atoms with Gasteiger partial charge in [0, 0.05) is 11.6 Å². The van der Waals surface area contributed by atoms with Gasteiger partial charge in [0.1, 0.15) is 0 Å². The lowest BCUT2D eigenvalue weighted by Gasteiger charge is -2.16. The molecule has 1 rings (SSSR count). The molecular formula is C13H21NO. The average Bonchev–Trinajstić information content (AvgIpc) is 2.71. The van der Waals surface area contributed by atoms with Gasteiger partial charge in [0.05, 0.1) is 12.5 Å². The van der Waals surface area contributed by atoms with E-state index in [1.807, 2.05) is 12.3 Å². The van der Waals surface area contributed by atoms with Crippen LogP contribution in [0.4, 0.5) is 0 Å². The van der Waals surface area contributed by atoms with Gasteiger partial charge in [-0.3, -0.25) is 0 Å². The van der Waals surface area contributed by atoms with Gasteiger partial charge in [-0.25, -0.2) is 0 Å². The van der Waals surface area contributed by atoms with Crippen molar-refractivity contribution in [3.05, 3.63) is 36.3 Å². The Labute approximate surface area is 92.4 Å². The summed E-state index contributed by atoms with van der Waals surface area (Å²) < 4.78 is 5.12. The molecule has 1 N–H and O–H groups in total. The van der Waals surface area contributed by atoms with E-state index in [-0.39, 0.29) is 0 Å². The minimum Gasteiger partial charge on any atom is -0.472 e. The largest absolute Gasteiger partial charge is 0.472 e. The summed E-state index contributed by atoms with van der Waals surface area (Å²) in [4.78, 5) is 0. The first-order valence-electron chi connectivity index (χ1n) is 5.64. The molecule has 0 aliphatic rings. The molecule has 0 fully saturated rings. The third-order valence-electron chi connectivity index (χ3n) is 2.45. The fourth-order valence-electron chi connectivity index (χ4n) is 1.57. The van der Waals surface area contributed by atoms with Crippen molar-refractivity contribution in [2.75, 3.05) is 6.54 Å². The zero-order valence-electron chi connectivity index (χ0n) is 9.75. The third kappa shape index (κ3) is 4.34. The van der Waals surface area contributed by atoms with Crippen LogP contribution < -0.4 is 5.32 Å². The molecule has 2 nitrogen and oxygen atoms in total. The van der Waals surface area contributed by atoms with Crippen LogP contribution in [0.15, 0.2) is 35.2 Å². The number of allylic oxidation sites excluding steroid dienone is 1. The van der Waals surface area contributed by atoms with Crippen LogP contribution in [0, 0.1) is 0 Å². The molecule has 0 bridgehead atoms. The van der Waals surface area contributed by atoms with Crippen LogP contribution in [0.5, 0.6) is 0 Å². The first-order chi connectivity index (χ1) is 7.24. The molecule has 1 heterocycles. The highest BCUT2D eigenvalue weighted by atomic mass is 16.3. The fourth-order valence-corrected chi connectivity index (χ4v) is 1.57. The SMILES string of the molecule is C=C(C)CCC(NCCC)c1ccoc1. The molecule has 0 aliphatic heterocycles. The molecule has 1 aromatic rings. The van der Waals surface area contributed by atoms with E-state index in [1.54, 1.807) is 6.26 Å². The van der Waals surface area contributed by atoms with Gasteiger partial charge in [-0.2, -0.15) is 0 Å². The van der Waals surface area contributed by atoms with E-state index >= 15 is 0 Å². The van der Waals surface area contributed by atoms with Crippen LogP contribution in [0.1, 0.15) is 44.7 Å². The number of rotatable bonds is 7. The molecule has 2 heteroatoms. The van der Waals surface area contributed by atoms with Crippen LogP contribution in [-0.2, 0) is 0 Å². The highest BCUT2D eigenvalue weighted by Gasteiger charge is 2.11. The van der Waals surface area contributed by atoms with Gasteiger partial charge in [0.15, 0.2) is 0 Å². The molecule has 84 valence electrons. The summed E-state index contributed by atoms with van der Waals surface area (Å²) >= 11 is 0. The average molecular weight is 207 g/mol. The van der Waals surface area contributed by atoms with E-state index < -0.39 is 0 Å². The standard InChI is InChI=1S/C13H21NO/c1-4-8-14-13(6-5-11(2)3)12-7-9-15-10-12/h7,9-10,13-14H,2,4-6,8H2,1,3H3. The lowest BCUT2D eigenvalue weighted by molar-refractivity contribution is 0.488. The fraction of sp³-hybridized carbons (Fsp3) is 0.538. The Bertz CT molecular complexity index is 277. The van der Waals surface area contributed by atoms with Gasteiger partial charge in [0.2, 0.25) is 0 Å². The van der Waals surface area contributed by atoms with Crippen LogP contribution in [0.25, 0.3) is 0 Å². The number of furan rings is 1. The van der Waals surface area contributed by atoms with E-state index in [2.05, 4.69) is 25.7 Å². The second-order valence-corrected chi connectivity index (χ2v) is 4.06. The van der Waals surface area contributed by atoms with Crippen molar-refractivity contribution in [3.8, 4) is 0 Å². The summed E-state index contributed by atoms with van der Waals surface area (Å²) in [6, 6.07) is 2.44. The van der Waals surface area contributed by atoms with Crippen molar-refractivity contribution >= 4 is 0 Å². The summed E-state index contributed by atoms with van der Waals surface area (Å²) in [5.74, 6) is 0. The molecule has 1 atom stereocenters. The lowest BCUT2D eigenvalue weighted by atomic mass is 10.0. The Morgan fingerprint density at radius 2 is 2.40 bits per heavy atom. The predicted molar refractivity (Wildman–Crippen MR) is 63.8 cm³/mol. The molecule has 0 amide bonds. The Balaban J connectivity index is 2.49. The summed E-state index contributed by atoms with van der Waals surface area (Å²) in [5.41, 5.74) is 2.48. The normalized spacial score (nSPS) is 12.7. The van der Waals surface area contributed by atoms with E-state index in [0.29, 0.717) is 6.04 Å². The van der Waals surface area contributed by atoms with Crippen LogP contribution in [0.2, 0.25) is 0 Å². The Hall–Kier alpha value is -1.02. The van der Waals surface area contributed by atoms with Crippen molar-refractivity contribution in [1.29, 1.82) is 0 Å². The van der Waals surface area contributed by atoms with Crippen molar-refractivity contribution in [1.82, 2.24) is 5.32 Å². The maximum atomic E-state index is 5.12. The van der Waals surface area contributed by atoms with E-state index in [9.17, 15) is 0 Å². The van der Waals surface area contributed by atoms with Gasteiger partial charge in [-0.05, 0) is 38.8 Å². The summed E-state index contributed by atoms with van der Waals surface area (Å²) in [5, 5.41) is 3.53. The lowest BCUT2D eigenvalue weighted by Crippen LogP contribution is -2.21. The van der Waals surface area contributed by atoms with Gasteiger partial charge >= 0.3 is 0 Å². The predicted octanol–water partition coefficient (Wildman–Crippen LogP) is 3.68. The Morgan fingerprint density at radius 3 is 2.93 bits per heavy atom. The first-order valence-corrected chi connectivity index (χ1v) is 5.64. The molecule has 1 unspecified atom stereocenters. The second kappa shape index (κ2) is 6.46. The topological polar surface area (TPSA) is 25.2 Å². The molecule has 0 spiro atoms. The Morgan fingerprint density at radius 1 is 1.60 bits per heavy atom. The molecule has 0 radical (unpaired) electrons. The van der Waals surface area contributed by atoms with Gasteiger partial charge in [-0.1, -0.05) is 12.5 Å². The summed E-state index contributed by atoms with van der Waals surface area (Å²) in [6.07, 6.45) is 6.87. The number of nitrogens with one attached hydrogen (secondary N) is 1. The molecule has 0 saturated carbocycles. The van der Waals surface area contributed by atoms with Gasteiger partial charge in [0.25, 0.3) is 0 Å². The molecule has 0 saturated heterocycles. The van der Waals surface area contributed by atoms with Crippen molar-refractivity contribution in [3.63, 3.8) is 0 Å². The maximum Gasteiger partial charge on any atom is 0.0950 e. The summed E-state index contributed by atoms with van der Waals surface area (Å²) in [6.45, 7) is 9.24. The molecule has 1 aromatic heterocycles. The minimum absolute atomic E-state index is 0.403. The van der Waals surface area contributed by atoms with Crippen molar-refractivity contribution in [2.24, 2.45) is 0 Å². The van der Waals surface area contributed by atoms with Crippen LogP contribution in [-0.4, -0.2) is 6.54 Å². The molecule has 15 heavy (non-hydrogen) atoms. The quantitative estimate of drug-likeness (QED) is 0.690. The molecular weight excluding hydrogens is 186 g/mol. The maximum absolute atomic E-state index is 5.12. The minimum atomic E-state index is 0.403. The van der Waals surface area contributed by atoms with Gasteiger partial charge < -0.3 is 9.73 Å². The highest BCUT2D eigenvalue weighted by molar-refractivity contribution is 5.12. The smallest absolute Gasteiger partial charge is 0.0950 e. The van der Waals surface area contributed by atoms with E-state index in [4.69, 9.17) is 4.42 Å². The van der Waals surface area contributed by atoms with Crippen molar-refractivity contribution in [2.45, 2.75) is 39.2 Å². The number of hydrogen-bond acceptors (Lipinski definition) is 2. The van der Waals surface area contributed by atoms with E-state index in [1.165, 1.54) is 11.1 Å². The van der Waals surface area contributed by atoms with Crippen molar-refractivity contribution < 1.29 is 4.42 Å². The number of hydrogen-bond donors (Lipinski definition) is 1. The second-order valence-electron chi connectivity index (χ2n) is 4.06. The van der Waals surface area contributed by atoms with Crippen LogP contribution in [0.3, 0.4) is 0 Å². The zero-order chi connectivity index (χ0) is 11.1. The third-order valence-corrected chi connectivity index (χ3v) is 2.45. The first kappa shape index (κ1) is 12.1. The molecule has 0 aliphatic carbocycles. The Kier molecular flexibility index (Phi) is 5.19. The van der Waals surface area contributed by atoms with Crippen LogP contribution >= 0.6 is 0 Å². The molecule has 0 aromatic carbocycles. The monoisotopic (exact) mass is 207 g/mol. The zero-order valence-corrected chi connectivity index (χ0v) is 9.75. The summed E-state index contributed by atoms with van der Waals surface area (Å²) in [7, 11) is 0. The highest BCUT2D eigenvalue weighted by Crippen LogP contribution is 2.20. The van der Waals surface area contributed by atoms with Gasteiger partial charge in [-0.15, -0.1) is 6.58 Å². The van der Waals surface area contributed by atoms with E-state index in [0.717, 1.165) is 25.8 Å².